The van der Waals surface area contributed by atoms with Gasteiger partial charge in [0.25, 0.3) is 5.91 Å². The van der Waals surface area contributed by atoms with E-state index in [2.05, 4.69) is 16.4 Å². The van der Waals surface area contributed by atoms with Crippen LogP contribution in [0.5, 0.6) is 0 Å². The molecule has 0 heterocycles. The van der Waals surface area contributed by atoms with Crippen molar-refractivity contribution in [3.63, 3.8) is 0 Å². The second kappa shape index (κ2) is 7.61. The lowest BCUT2D eigenvalue weighted by atomic mass is 9.99. The lowest BCUT2D eigenvalue weighted by molar-refractivity contribution is -0.355. The van der Waals surface area contributed by atoms with Crippen LogP contribution in [0.2, 0.25) is 0 Å². The quantitative estimate of drug-likeness (QED) is 0.413. The predicted molar refractivity (Wildman–Crippen MR) is 59.8 cm³/mol. The van der Waals surface area contributed by atoms with Crippen molar-refractivity contribution in [3.8, 4) is 0 Å². The first-order chi connectivity index (χ1) is 7.92. The summed E-state index contributed by atoms with van der Waals surface area (Å²) in [5.41, 5.74) is 3.36. The molecule has 2 atom stereocenters. The lowest BCUT2D eigenvalue weighted by Crippen LogP contribution is -2.58. The fourth-order valence-corrected chi connectivity index (χ4v) is 1.17. The summed E-state index contributed by atoms with van der Waals surface area (Å²) in [7, 11) is 0. The highest BCUT2D eigenvalue weighted by Crippen LogP contribution is 2.07. The third kappa shape index (κ3) is 5.86. The Hall–Kier alpha value is -1.63. The highest BCUT2D eigenvalue weighted by molar-refractivity contribution is 5.88. The van der Waals surface area contributed by atoms with Crippen LogP contribution in [0.15, 0.2) is 0 Å². The fraction of sp³-hybridized carbons (Fsp3) is 0.700. The molecule has 0 aliphatic heterocycles. The zero-order valence-corrected chi connectivity index (χ0v) is 10.2. The van der Waals surface area contributed by atoms with Crippen LogP contribution in [0.4, 0.5) is 0 Å². The Labute approximate surface area is 99.7 Å². The Morgan fingerprint density at radius 1 is 1.29 bits per heavy atom. The monoisotopic (exact) mass is 246 g/mol. The van der Waals surface area contributed by atoms with Gasteiger partial charge in [0.15, 0.2) is 6.54 Å². The van der Waals surface area contributed by atoms with Gasteiger partial charge in [0.1, 0.15) is 6.04 Å². The van der Waals surface area contributed by atoms with Gasteiger partial charge in [-0.15, -0.1) is 0 Å². The Morgan fingerprint density at radius 2 is 1.88 bits per heavy atom. The van der Waals surface area contributed by atoms with Gasteiger partial charge in [0.2, 0.25) is 5.91 Å². The lowest BCUT2D eigenvalue weighted by Gasteiger charge is -2.20. The zero-order chi connectivity index (χ0) is 13.4. The molecule has 0 rings (SSSR count). The molecule has 0 bridgehead atoms. The molecule has 0 fully saturated rings. The molecular weight excluding hydrogens is 226 g/mol. The van der Waals surface area contributed by atoms with Gasteiger partial charge < -0.3 is 21.5 Å². The second-order valence-electron chi connectivity index (χ2n) is 3.80. The maximum atomic E-state index is 11.4. The molecular formula is C10H20N3O4+. The summed E-state index contributed by atoms with van der Waals surface area (Å²) >= 11 is 0. The van der Waals surface area contributed by atoms with Gasteiger partial charge in [-0.2, -0.15) is 0 Å². The van der Waals surface area contributed by atoms with Gasteiger partial charge in [-0.05, 0) is 5.92 Å². The molecule has 0 aromatic heterocycles. The zero-order valence-electron chi connectivity index (χ0n) is 10.2. The molecule has 2 unspecified atom stereocenters. The molecule has 0 aromatic rings. The summed E-state index contributed by atoms with van der Waals surface area (Å²) in [6, 6.07) is -0.927. The molecule has 17 heavy (non-hydrogen) atoms. The van der Waals surface area contributed by atoms with E-state index in [1.54, 1.807) is 6.92 Å². The van der Waals surface area contributed by atoms with E-state index in [0.717, 1.165) is 0 Å². The van der Waals surface area contributed by atoms with E-state index in [4.69, 9.17) is 5.11 Å². The van der Waals surface area contributed by atoms with Crippen molar-refractivity contribution < 1.29 is 25.2 Å². The molecule has 7 nitrogen and oxygen atoms in total. The van der Waals surface area contributed by atoms with Crippen molar-refractivity contribution in [3.05, 3.63) is 0 Å². The molecule has 98 valence electrons. The summed E-state index contributed by atoms with van der Waals surface area (Å²) < 4.78 is 0. The molecule has 0 aliphatic carbocycles. The summed E-state index contributed by atoms with van der Waals surface area (Å²) in [5.74, 6) is -2.11. The van der Waals surface area contributed by atoms with Gasteiger partial charge in [-0.25, -0.2) is 4.79 Å². The minimum absolute atomic E-state index is 0.0427. The number of carbonyl (C=O) groups is 3. The van der Waals surface area contributed by atoms with Crippen LogP contribution in [0.3, 0.4) is 0 Å². The first-order valence-corrected chi connectivity index (χ1v) is 5.50. The molecule has 0 aliphatic rings. The van der Waals surface area contributed by atoms with E-state index in [1.165, 1.54) is 0 Å². The van der Waals surface area contributed by atoms with E-state index in [9.17, 15) is 14.4 Å². The second-order valence-corrected chi connectivity index (χ2v) is 3.80. The number of hydrogen-bond donors (Lipinski definition) is 4. The standard InChI is InChI=1S/C10H19N3O4/c1-3-6(2)9(10(16)17)13-8(15)5-12-7(14)4-11/h6,9H,3-5,11H2,1-2H3,(H,12,14)(H,13,15)(H,16,17)/p+1. The number of quaternary nitrogens is 1. The SMILES string of the molecule is CCC(C)C(NC(=O)CNC(=O)C[NH3+])C(=O)O. The molecule has 0 aromatic carbocycles. The van der Waals surface area contributed by atoms with Gasteiger partial charge in [0.05, 0.1) is 6.54 Å². The number of aliphatic carboxylic acids is 1. The van der Waals surface area contributed by atoms with Crippen LogP contribution >= 0.6 is 0 Å². The summed E-state index contributed by atoms with van der Waals surface area (Å²) in [5, 5.41) is 13.6. The van der Waals surface area contributed by atoms with Crippen LogP contribution in [-0.4, -0.2) is 42.0 Å². The van der Waals surface area contributed by atoms with Gasteiger partial charge >= 0.3 is 5.97 Å². The van der Waals surface area contributed by atoms with Gasteiger partial charge in [0, 0.05) is 0 Å². The number of carboxylic acid groups (broad SMARTS) is 1. The molecule has 0 radical (unpaired) electrons. The first kappa shape index (κ1) is 15.4. The number of carboxylic acids is 1. The predicted octanol–water partition coefficient (Wildman–Crippen LogP) is -2.04. The summed E-state index contributed by atoms with van der Waals surface area (Å²) in [6.45, 7) is 3.40. The number of rotatable bonds is 7. The largest absolute Gasteiger partial charge is 0.480 e. The topological polar surface area (TPSA) is 123 Å². The van der Waals surface area contributed by atoms with Crippen LogP contribution in [0.25, 0.3) is 0 Å². The smallest absolute Gasteiger partial charge is 0.326 e. The van der Waals surface area contributed by atoms with Crippen LogP contribution in [-0.2, 0) is 14.4 Å². The minimum atomic E-state index is -1.07. The minimum Gasteiger partial charge on any atom is -0.480 e. The van der Waals surface area contributed by atoms with Crippen LogP contribution < -0.4 is 16.4 Å². The van der Waals surface area contributed by atoms with Crippen molar-refractivity contribution >= 4 is 17.8 Å². The Morgan fingerprint density at radius 3 is 2.29 bits per heavy atom. The third-order valence-electron chi connectivity index (χ3n) is 2.47. The third-order valence-corrected chi connectivity index (χ3v) is 2.47. The summed E-state index contributed by atoms with van der Waals surface area (Å²) in [4.78, 5) is 33.2. The molecule has 0 saturated carbocycles. The Balaban J connectivity index is 4.22. The van der Waals surface area contributed by atoms with Crippen LogP contribution in [0, 0.1) is 5.92 Å². The maximum Gasteiger partial charge on any atom is 0.326 e. The van der Waals surface area contributed by atoms with Crippen molar-refractivity contribution in [1.29, 1.82) is 0 Å². The summed E-state index contributed by atoms with van der Waals surface area (Å²) in [6.07, 6.45) is 0.641. The first-order valence-electron chi connectivity index (χ1n) is 5.50. The van der Waals surface area contributed by atoms with E-state index in [1.807, 2.05) is 6.92 Å². The Bertz CT molecular complexity index is 293. The van der Waals surface area contributed by atoms with E-state index in [-0.39, 0.29) is 24.9 Å². The molecule has 0 saturated heterocycles. The molecule has 7 heteroatoms. The highest BCUT2D eigenvalue weighted by atomic mass is 16.4. The average Bonchev–Trinajstić information content (AvgIpc) is 2.31. The molecule has 6 N–H and O–H groups in total. The van der Waals surface area contributed by atoms with Crippen molar-refractivity contribution in [2.24, 2.45) is 5.92 Å². The van der Waals surface area contributed by atoms with Crippen molar-refractivity contribution in [2.75, 3.05) is 13.1 Å². The van der Waals surface area contributed by atoms with Gasteiger partial charge in [-0.1, -0.05) is 20.3 Å². The molecule has 2 amide bonds. The average molecular weight is 246 g/mol. The van der Waals surface area contributed by atoms with Crippen LogP contribution in [0.1, 0.15) is 20.3 Å². The number of carbonyl (C=O) groups excluding carboxylic acids is 2. The van der Waals surface area contributed by atoms with Crippen molar-refractivity contribution in [1.82, 2.24) is 10.6 Å². The molecule has 0 spiro atoms. The number of nitrogens with one attached hydrogen (secondary N) is 2. The maximum absolute atomic E-state index is 11.4. The van der Waals surface area contributed by atoms with E-state index < -0.39 is 17.9 Å². The number of hydrogen-bond acceptors (Lipinski definition) is 3. The fourth-order valence-electron chi connectivity index (χ4n) is 1.17. The van der Waals surface area contributed by atoms with Gasteiger partial charge in [-0.3, -0.25) is 9.59 Å². The highest BCUT2D eigenvalue weighted by Gasteiger charge is 2.25. The van der Waals surface area contributed by atoms with Crippen molar-refractivity contribution in [2.45, 2.75) is 26.3 Å². The number of amides is 2. The van der Waals surface area contributed by atoms with E-state index >= 15 is 0 Å². The van der Waals surface area contributed by atoms with E-state index in [0.29, 0.717) is 6.42 Å². The normalized spacial score (nSPS) is 13.6. The Kier molecular flexibility index (Phi) is 6.88.